The molecule has 0 saturated carbocycles. The van der Waals surface area contributed by atoms with E-state index in [0.717, 1.165) is 33.5 Å². The Labute approximate surface area is 240 Å². The highest BCUT2D eigenvalue weighted by molar-refractivity contribution is 7.92. The van der Waals surface area contributed by atoms with E-state index in [-0.39, 0.29) is 28.7 Å². The van der Waals surface area contributed by atoms with Crippen LogP contribution in [0.5, 0.6) is 5.75 Å². The van der Waals surface area contributed by atoms with Crippen molar-refractivity contribution in [3.8, 4) is 5.75 Å². The highest BCUT2D eigenvalue weighted by Gasteiger charge is 2.33. The van der Waals surface area contributed by atoms with Gasteiger partial charge in [-0.2, -0.15) is 0 Å². The zero-order valence-corrected chi connectivity index (χ0v) is 24.3. The average Bonchev–Trinajstić information content (AvgIpc) is 2.95. The summed E-state index contributed by atoms with van der Waals surface area (Å²) >= 11 is 0. The smallest absolute Gasteiger partial charge is 0.264 e. The van der Waals surface area contributed by atoms with E-state index in [1.54, 1.807) is 25.1 Å². The number of hydrogen-bond acceptors (Lipinski definition) is 5. The maximum Gasteiger partial charge on any atom is 0.264 e. The molecule has 0 spiro atoms. The van der Waals surface area contributed by atoms with Gasteiger partial charge in [0.2, 0.25) is 11.8 Å². The summed E-state index contributed by atoms with van der Waals surface area (Å²) in [7, 11) is -4.37. The lowest BCUT2D eigenvalue weighted by Crippen LogP contribution is -2.52. The van der Waals surface area contributed by atoms with E-state index in [2.05, 4.69) is 5.32 Å². The van der Waals surface area contributed by atoms with Crippen LogP contribution in [0.4, 0.5) is 14.5 Å². The molecule has 0 bridgehead atoms. The number of rotatable bonds is 13. The fourth-order valence-corrected chi connectivity index (χ4v) is 5.41. The number of nitrogens with zero attached hydrogens (tertiary/aromatic N) is 2. The summed E-state index contributed by atoms with van der Waals surface area (Å²) in [6.07, 6.45) is 0.654. The average molecular weight is 588 g/mol. The van der Waals surface area contributed by atoms with E-state index in [1.807, 2.05) is 13.8 Å². The van der Waals surface area contributed by atoms with Gasteiger partial charge in [-0.3, -0.25) is 13.9 Å². The first-order chi connectivity index (χ1) is 19.5. The molecule has 0 heterocycles. The van der Waals surface area contributed by atoms with E-state index in [1.165, 1.54) is 37.3 Å². The molecule has 2 atom stereocenters. The van der Waals surface area contributed by atoms with Gasteiger partial charge in [0.15, 0.2) is 0 Å². The van der Waals surface area contributed by atoms with Crippen LogP contribution in [0.2, 0.25) is 0 Å². The monoisotopic (exact) mass is 587 g/mol. The fraction of sp³-hybridized carbons (Fsp3) is 0.333. The van der Waals surface area contributed by atoms with Crippen LogP contribution in [0.15, 0.2) is 77.7 Å². The SMILES string of the molecule is CCOc1ccc(N(CC(=O)N(Cc2ccccc2F)[C@H](C)C(=O)N[C@H](C)CC)S(=O)(=O)c2ccc(F)cc2)cc1. The normalized spacial score (nSPS) is 12.7. The first-order valence-electron chi connectivity index (χ1n) is 13.3. The summed E-state index contributed by atoms with van der Waals surface area (Å²) < 4.78 is 62.1. The Hall–Kier alpha value is -3.99. The molecular weight excluding hydrogens is 552 g/mol. The first-order valence-corrected chi connectivity index (χ1v) is 14.8. The molecule has 1 N–H and O–H groups in total. The van der Waals surface area contributed by atoms with Crippen molar-refractivity contribution >= 4 is 27.5 Å². The van der Waals surface area contributed by atoms with E-state index in [9.17, 15) is 26.8 Å². The Kier molecular flexibility index (Phi) is 10.8. The second-order valence-corrected chi connectivity index (χ2v) is 11.4. The van der Waals surface area contributed by atoms with Crippen molar-refractivity contribution in [2.45, 2.75) is 57.6 Å². The highest BCUT2D eigenvalue weighted by atomic mass is 32.2. The number of hydrogen-bond donors (Lipinski definition) is 1. The van der Waals surface area contributed by atoms with Crippen LogP contribution in [0.25, 0.3) is 0 Å². The largest absolute Gasteiger partial charge is 0.494 e. The van der Waals surface area contributed by atoms with E-state index < -0.39 is 46.1 Å². The lowest BCUT2D eigenvalue weighted by molar-refractivity contribution is -0.139. The molecule has 8 nitrogen and oxygen atoms in total. The van der Waals surface area contributed by atoms with Crippen LogP contribution in [-0.2, 0) is 26.2 Å². The van der Waals surface area contributed by atoms with Crippen LogP contribution < -0.4 is 14.4 Å². The van der Waals surface area contributed by atoms with Gasteiger partial charge in [-0.15, -0.1) is 0 Å². The molecule has 3 aromatic rings. The first kappa shape index (κ1) is 31.5. The van der Waals surface area contributed by atoms with Crippen LogP contribution in [-0.4, -0.2) is 50.4 Å². The number of ether oxygens (including phenoxy) is 1. The Bertz CT molecular complexity index is 1430. The second-order valence-electron chi connectivity index (χ2n) is 9.50. The summed E-state index contributed by atoms with van der Waals surface area (Å²) in [4.78, 5) is 27.9. The number of amides is 2. The van der Waals surface area contributed by atoms with Crippen LogP contribution in [0.3, 0.4) is 0 Å². The molecule has 0 aromatic heterocycles. The predicted molar refractivity (Wildman–Crippen MR) is 153 cm³/mol. The number of sulfonamides is 1. The van der Waals surface area contributed by atoms with Crippen LogP contribution in [0.1, 0.15) is 39.7 Å². The number of halogens is 2. The summed E-state index contributed by atoms with van der Waals surface area (Å²) in [5.41, 5.74) is 0.312. The number of benzene rings is 3. The minimum Gasteiger partial charge on any atom is -0.494 e. The quantitative estimate of drug-likeness (QED) is 0.307. The Balaban J connectivity index is 2.04. The van der Waals surface area contributed by atoms with Gasteiger partial charge in [0.25, 0.3) is 10.0 Å². The maximum atomic E-state index is 14.6. The standard InChI is InChI=1S/C30H35F2N3O5S/c1-5-21(3)33-30(37)22(4)34(19-23-9-7-8-10-28(23)32)29(36)20-35(25-13-15-26(16-14-25)40-6-2)41(38,39)27-17-11-24(31)12-18-27/h7-18,21-22H,5-6,19-20H2,1-4H3,(H,33,37)/t21-,22-/m1/s1. The molecule has 0 fully saturated rings. The third-order valence-electron chi connectivity index (χ3n) is 6.58. The van der Waals surface area contributed by atoms with Gasteiger partial charge in [-0.25, -0.2) is 17.2 Å². The Morgan fingerprint density at radius 3 is 2.15 bits per heavy atom. The van der Waals surface area contributed by atoms with Gasteiger partial charge in [-0.05, 0) is 81.8 Å². The van der Waals surface area contributed by atoms with Gasteiger partial charge >= 0.3 is 0 Å². The lowest BCUT2D eigenvalue weighted by atomic mass is 10.1. The molecular formula is C30H35F2N3O5S. The number of carbonyl (C=O) groups is 2. The number of nitrogens with one attached hydrogen (secondary N) is 1. The van der Waals surface area contributed by atoms with Crippen molar-refractivity contribution in [2.75, 3.05) is 17.5 Å². The number of anilines is 1. The lowest BCUT2D eigenvalue weighted by Gasteiger charge is -2.32. The number of carbonyl (C=O) groups excluding carboxylic acids is 2. The van der Waals surface area contributed by atoms with Crippen LogP contribution >= 0.6 is 0 Å². The van der Waals surface area contributed by atoms with Gasteiger partial charge in [0, 0.05) is 18.2 Å². The third kappa shape index (κ3) is 8.03. The topological polar surface area (TPSA) is 96.0 Å². The van der Waals surface area contributed by atoms with Crippen molar-refractivity contribution in [3.05, 3.63) is 90.0 Å². The van der Waals surface area contributed by atoms with Crippen LogP contribution in [0, 0.1) is 11.6 Å². The molecule has 11 heteroatoms. The van der Waals surface area contributed by atoms with E-state index in [0.29, 0.717) is 18.8 Å². The van der Waals surface area contributed by atoms with Crippen molar-refractivity contribution in [2.24, 2.45) is 0 Å². The van der Waals surface area contributed by atoms with E-state index in [4.69, 9.17) is 4.74 Å². The third-order valence-corrected chi connectivity index (χ3v) is 8.37. The van der Waals surface area contributed by atoms with Crippen molar-refractivity contribution in [3.63, 3.8) is 0 Å². The minimum absolute atomic E-state index is 0.147. The summed E-state index contributed by atoms with van der Waals surface area (Å²) in [6.45, 7) is 6.45. The molecule has 0 unspecified atom stereocenters. The molecule has 41 heavy (non-hydrogen) atoms. The zero-order chi connectivity index (χ0) is 30.2. The molecule has 2 amide bonds. The molecule has 0 aliphatic carbocycles. The molecule has 0 aliphatic heterocycles. The summed E-state index contributed by atoms with van der Waals surface area (Å²) in [5, 5.41) is 2.82. The predicted octanol–water partition coefficient (Wildman–Crippen LogP) is 4.89. The highest BCUT2D eigenvalue weighted by Crippen LogP contribution is 2.27. The zero-order valence-electron chi connectivity index (χ0n) is 23.5. The molecule has 0 radical (unpaired) electrons. The van der Waals surface area contributed by atoms with Crippen molar-refractivity contribution in [1.29, 1.82) is 0 Å². The maximum absolute atomic E-state index is 14.6. The molecule has 0 saturated heterocycles. The fourth-order valence-electron chi connectivity index (χ4n) is 4.00. The van der Waals surface area contributed by atoms with Gasteiger partial charge in [0.05, 0.1) is 17.2 Å². The van der Waals surface area contributed by atoms with Crippen molar-refractivity contribution in [1.82, 2.24) is 10.2 Å². The van der Waals surface area contributed by atoms with Gasteiger partial charge in [0.1, 0.15) is 30.0 Å². The second kappa shape index (κ2) is 14.1. The van der Waals surface area contributed by atoms with Gasteiger partial charge < -0.3 is 15.0 Å². The Morgan fingerprint density at radius 2 is 1.56 bits per heavy atom. The van der Waals surface area contributed by atoms with Crippen molar-refractivity contribution < 1.29 is 31.5 Å². The molecule has 0 aliphatic rings. The molecule has 3 aromatic carbocycles. The minimum atomic E-state index is -4.37. The van der Waals surface area contributed by atoms with E-state index >= 15 is 0 Å². The summed E-state index contributed by atoms with van der Waals surface area (Å²) in [6, 6.07) is 15.0. The molecule has 3 rings (SSSR count). The summed E-state index contributed by atoms with van der Waals surface area (Å²) in [5.74, 6) is -1.89. The Morgan fingerprint density at radius 1 is 0.927 bits per heavy atom. The molecule has 220 valence electrons. The van der Waals surface area contributed by atoms with Gasteiger partial charge in [-0.1, -0.05) is 25.1 Å².